The fourth-order valence-electron chi connectivity index (χ4n) is 1.89. The summed E-state index contributed by atoms with van der Waals surface area (Å²) in [6.07, 6.45) is 3.74. The molecule has 1 heterocycles. The molecule has 0 aromatic carbocycles. The lowest BCUT2D eigenvalue weighted by atomic mass is 10.0. The van der Waals surface area contributed by atoms with Gasteiger partial charge in [0.1, 0.15) is 0 Å². The highest BCUT2D eigenvalue weighted by molar-refractivity contribution is 4.74. The van der Waals surface area contributed by atoms with Crippen LogP contribution in [-0.2, 0) is 4.84 Å². The van der Waals surface area contributed by atoms with Crippen molar-refractivity contribution in [3.63, 3.8) is 0 Å². The molecule has 1 aliphatic heterocycles. The molecular formula is C9H20N2O. The summed E-state index contributed by atoms with van der Waals surface area (Å²) in [5, 5.41) is 0. The lowest BCUT2D eigenvalue weighted by molar-refractivity contribution is 0.130. The Morgan fingerprint density at radius 1 is 1.58 bits per heavy atom. The molecule has 3 heteroatoms. The van der Waals surface area contributed by atoms with Gasteiger partial charge in [-0.15, -0.1) is 0 Å². The third-order valence-electron chi connectivity index (χ3n) is 2.69. The molecule has 1 fully saturated rings. The van der Waals surface area contributed by atoms with E-state index < -0.39 is 0 Å². The standard InChI is InChI=1S/C9H20N2O/c1-2-11-6-5-9(8-11)4-3-7-12-10/h9H,2-8,10H2,1H3. The van der Waals surface area contributed by atoms with Gasteiger partial charge >= 0.3 is 0 Å². The van der Waals surface area contributed by atoms with Crippen LogP contribution < -0.4 is 5.90 Å². The molecule has 0 saturated carbocycles. The van der Waals surface area contributed by atoms with Crippen LogP contribution >= 0.6 is 0 Å². The first kappa shape index (κ1) is 9.96. The number of nitrogens with two attached hydrogens (primary N) is 1. The Labute approximate surface area is 74.8 Å². The number of nitrogens with zero attached hydrogens (tertiary/aromatic N) is 1. The molecule has 1 aliphatic rings. The monoisotopic (exact) mass is 172 g/mol. The van der Waals surface area contributed by atoms with Gasteiger partial charge in [0, 0.05) is 6.54 Å². The first-order valence-corrected chi connectivity index (χ1v) is 4.90. The molecule has 0 amide bonds. The van der Waals surface area contributed by atoms with Crippen LogP contribution in [0.1, 0.15) is 26.2 Å². The van der Waals surface area contributed by atoms with Crippen molar-refractivity contribution < 1.29 is 4.84 Å². The minimum absolute atomic E-state index is 0.711. The molecule has 0 bridgehead atoms. The lowest BCUT2D eigenvalue weighted by Gasteiger charge is -2.12. The summed E-state index contributed by atoms with van der Waals surface area (Å²) in [4.78, 5) is 7.05. The molecule has 3 nitrogen and oxygen atoms in total. The van der Waals surface area contributed by atoms with Crippen molar-refractivity contribution in [2.24, 2.45) is 11.8 Å². The topological polar surface area (TPSA) is 38.5 Å². The fraction of sp³-hybridized carbons (Fsp3) is 1.00. The smallest absolute Gasteiger partial charge is 0.0679 e. The first-order valence-electron chi connectivity index (χ1n) is 4.90. The zero-order valence-electron chi connectivity index (χ0n) is 7.96. The highest BCUT2D eigenvalue weighted by Gasteiger charge is 2.19. The summed E-state index contributed by atoms with van der Waals surface area (Å²) >= 11 is 0. The van der Waals surface area contributed by atoms with Crippen molar-refractivity contribution in [2.75, 3.05) is 26.2 Å². The SMILES string of the molecule is CCN1CCC(CCCON)C1. The number of rotatable bonds is 5. The van der Waals surface area contributed by atoms with E-state index in [4.69, 9.17) is 5.90 Å². The van der Waals surface area contributed by atoms with E-state index in [0.717, 1.165) is 12.3 Å². The summed E-state index contributed by atoms with van der Waals surface area (Å²) in [6, 6.07) is 0. The minimum atomic E-state index is 0.711. The second-order valence-electron chi connectivity index (χ2n) is 3.56. The molecule has 12 heavy (non-hydrogen) atoms. The van der Waals surface area contributed by atoms with Gasteiger partial charge in [0.05, 0.1) is 6.61 Å². The summed E-state index contributed by atoms with van der Waals surface area (Å²) in [5.41, 5.74) is 0. The van der Waals surface area contributed by atoms with Gasteiger partial charge in [-0.05, 0) is 38.3 Å². The summed E-state index contributed by atoms with van der Waals surface area (Å²) < 4.78 is 0. The van der Waals surface area contributed by atoms with Gasteiger partial charge in [0.2, 0.25) is 0 Å². The molecule has 2 N–H and O–H groups in total. The summed E-state index contributed by atoms with van der Waals surface area (Å²) in [7, 11) is 0. The van der Waals surface area contributed by atoms with Gasteiger partial charge in [-0.2, -0.15) is 0 Å². The number of hydrogen-bond acceptors (Lipinski definition) is 3. The Morgan fingerprint density at radius 3 is 3.00 bits per heavy atom. The molecule has 1 rings (SSSR count). The second-order valence-corrected chi connectivity index (χ2v) is 3.56. The van der Waals surface area contributed by atoms with Gasteiger partial charge in [0.15, 0.2) is 0 Å². The predicted octanol–water partition coefficient (Wildman–Crippen LogP) is 0.999. The van der Waals surface area contributed by atoms with Gasteiger partial charge in [-0.1, -0.05) is 6.92 Å². The molecule has 0 aliphatic carbocycles. The third-order valence-corrected chi connectivity index (χ3v) is 2.69. The van der Waals surface area contributed by atoms with E-state index in [1.165, 1.54) is 32.5 Å². The zero-order valence-corrected chi connectivity index (χ0v) is 7.96. The fourth-order valence-corrected chi connectivity index (χ4v) is 1.89. The third kappa shape index (κ3) is 3.09. The van der Waals surface area contributed by atoms with E-state index in [2.05, 4.69) is 16.7 Å². The normalized spacial score (nSPS) is 25.0. The van der Waals surface area contributed by atoms with E-state index >= 15 is 0 Å². The van der Waals surface area contributed by atoms with Crippen molar-refractivity contribution in [1.29, 1.82) is 0 Å². The molecule has 0 radical (unpaired) electrons. The summed E-state index contributed by atoms with van der Waals surface area (Å²) in [6.45, 7) is 6.70. The van der Waals surface area contributed by atoms with Crippen LogP contribution in [0.15, 0.2) is 0 Å². The average Bonchev–Trinajstić information content (AvgIpc) is 2.53. The van der Waals surface area contributed by atoms with Crippen LogP contribution in [0.2, 0.25) is 0 Å². The van der Waals surface area contributed by atoms with Gasteiger partial charge < -0.3 is 9.74 Å². The van der Waals surface area contributed by atoms with Gasteiger partial charge in [0.25, 0.3) is 0 Å². The molecule has 1 unspecified atom stereocenters. The quantitative estimate of drug-likeness (QED) is 0.496. The van der Waals surface area contributed by atoms with Crippen molar-refractivity contribution in [1.82, 2.24) is 4.90 Å². The van der Waals surface area contributed by atoms with Crippen LogP contribution in [0.25, 0.3) is 0 Å². The maximum absolute atomic E-state index is 4.96. The van der Waals surface area contributed by atoms with E-state index in [1.54, 1.807) is 0 Å². The minimum Gasteiger partial charge on any atom is -0.305 e. The second kappa shape index (κ2) is 5.51. The van der Waals surface area contributed by atoms with Crippen LogP contribution in [-0.4, -0.2) is 31.1 Å². The van der Waals surface area contributed by atoms with Crippen molar-refractivity contribution in [3.05, 3.63) is 0 Å². The van der Waals surface area contributed by atoms with Crippen molar-refractivity contribution in [3.8, 4) is 0 Å². The van der Waals surface area contributed by atoms with Crippen molar-refractivity contribution in [2.45, 2.75) is 26.2 Å². The van der Waals surface area contributed by atoms with Crippen LogP contribution in [0.4, 0.5) is 0 Å². The van der Waals surface area contributed by atoms with E-state index in [0.29, 0.717) is 6.61 Å². The molecule has 0 aromatic rings. The number of hydrogen-bond donors (Lipinski definition) is 1. The van der Waals surface area contributed by atoms with Crippen LogP contribution in [0.3, 0.4) is 0 Å². The molecule has 72 valence electrons. The highest BCUT2D eigenvalue weighted by atomic mass is 16.6. The number of likely N-dealkylation sites (tertiary alicyclic amines) is 1. The van der Waals surface area contributed by atoms with Crippen molar-refractivity contribution >= 4 is 0 Å². The Balaban J connectivity index is 2.03. The van der Waals surface area contributed by atoms with Crippen LogP contribution in [0.5, 0.6) is 0 Å². The van der Waals surface area contributed by atoms with E-state index in [1.807, 2.05) is 0 Å². The van der Waals surface area contributed by atoms with Crippen LogP contribution in [0, 0.1) is 5.92 Å². The van der Waals surface area contributed by atoms with Gasteiger partial charge in [-0.3, -0.25) is 0 Å². The lowest BCUT2D eigenvalue weighted by Crippen LogP contribution is -2.19. The maximum atomic E-state index is 4.96. The largest absolute Gasteiger partial charge is 0.305 e. The summed E-state index contributed by atoms with van der Waals surface area (Å²) in [5.74, 6) is 5.85. The average molecular weight is 172 g/mol. The predicted molar refractivity (Wildman–Crippen MR) is 49.6 cm³/mol. The Morgan fingerprint density at radius 2 is 2.42 bits per heavy atom. The maximum Gasteiger partial charge on any atom is 0.0679 e. The Hall–Kier alpha value is -0.120. The zero-order chi connectivity index (χ0) is 8.81. The molecule has 1 saturated heterocycles. The molecule has 0 aromatic heterocycles. The Bertz CT molecular complexity index is 119. The first-order chi connectivity index (χ1) is 5.86. The molecule has 0 spiro atoms. The highest BCUT2D eigenvalue weighted by Crippen LogP contribution is 2.20. The Kier molecular flexibility index (Phi) is 4.58. The molecular weight excluding hydrogens is 152 g/mol. The van der Waals surface area contributed by atoms with Gasteiger partial charge in [-0.25, -0.2) is 5.90 Å². The molecule has 1 atom stereocenters. The van der Waals surface area contributed by atoms with E-state index in [-0.39, 0.29) is 0 Å². The van der Waals surface area contributed by atoms with E-state index in [9.17, 15) is 0 Å².